The number of benzene rings is 1. The number of carboxylic acids is 1. The molecule has 0 aliphatic heterocycles. The van der Waals surface area contributed by atoms with E-state index in [-0.39, 0.29) is 15.6 Å². The number of rotatable bonds is 3. The summed E-state index contributed by atoms with van der Waals surface area (Å²) in [4.78, 5) is 14.7. The van der Waals surface area contributed by atoms with Gasteiger partial charge >= 0.3 is 5.97 Å². The summed E-state index contributed by atoms with van der Waals surface area (Å²) in [6.07, 6.45) is 2.87. The van der Waals surface area contributed by atoms with E-state index in [0.717, 1.165) is 0 Å². The molecule has 0 atom stereocenters. The van der Waals surface area contributed by atoms with E-state index < -0.39 is 5.97 Å². The molecule has 0 spiro atoms. The average molecular weight is 273 g/mol. The van der Waals surface area contributed by atoms with Crippen molar-refractivity contribution in [3.63, 3.8) is 0 Å². The Balaban J connectivity index is 3.37. The van der Waals surface area contributed by atoms with Gasteiger partial charge in [-0.1, -0.05) is 23.2 Å². The Kier molecular flexibility index (Phi) is 4.54. The number of hydrogen-bond donors (Lipinski definition) is 2. The Morgan fingerprint density at radius 2 is 1.94 bits per heavy atom. The van der Waals surface area contributed by atoms with Crippen LogP contribution >= 0.6 is 23.2 Å². The molecule has 0 aliphatic carbocycles. The van der Waals surface area contributed by atoms with Gasteiger partial charge in [-0.15, -0.1) is 0 Å². The van der Waals surface area contributed by atoms with Crippen LogP contribution in [0.4, 0.5) is 0 Å². The van der Waals surface area contributed by atoms with Crippen LogP contribution in [0.15, 0.2) is 23.3 Å². The second-order valence-corrected chi connectivity index (χ2v) is 3.94. The number of halogens is 2. The first-order valence-corrected chi connectivity index (χ1v) is 5.33. The van der Waals surface area contributed by atoms with Crippen LogP contribution in [-0.4, -0.2) is 24.3 Å². The Morgan fingerprint density at radius 1 is 1.41 bits per heavy atom. The van der Waals surface area contributed by atoms with Crippen LogP contribution in [0.3, 0.4) is 0 Å². The highest BCUT2D eigenvalue weighted by molar-refractivity contribution is 6.39. The normalized spacial score (nSPS) is 12.1. The number of carbonyl (C=O) groups is 1. The van der Waals surface area contributed by atoms with Crippen LogP contribution in [0.1, 0.15) is 15.9 Å². The maximum absolute atomic E-state index is 10.9. The highest BCUT2D eigenvalue weighted by atomic mass is 35.5. The molecule has 0 fully saturated rings. The molecule has 1 aromatic rings. The van der Waals surface area contributed by atoms with Gasteiger partial charge in [-0.25, -0.2) is 4.79 Å². The molecule has 4 nitrogen and oxygen atoms in total. The topological polar surface area (TPSA) is 75.7 Å². The zero-order valence-electron chi connectivity index (χ0n) is 8.95. The van der Waals surface area contributed by atoms with Gasteiger partial charge < -0.3 is 10.8 Å². The third-order valence-corrected chi connectivity index (χ3v) is 2.63. The molecule has 0 bridgehead atoms. The Bertz CT molecular complexity index is 487. The zero-order valence-corrected chi connectivity index (χ0v) is 10.5. The van der Waals surface area contributed by atoms with Crippen molar-refractivity contribution in [3.05, 3.63) is 39.5 Å². The third-order valence-electron chi connectivity index (χ3n) is 2.04. The number of nitrogens with two attached hydrogens (primary N) is 1. The van der Waals surface area contributed by atoms with E-state index in [2.05, 4.69) is 4.99 Å². The van der Waals surface area contributed by atoms with Gasteiger partial charge in [0.2, 0.25) is 0 Å². The number of carboxylic acid groups (broad SMARTS) is 1. The lowest BCUT2D eigenvalue weighted by Crippen LogP contribution is -2.01. The Morgan fingerprint density at radius 3 is 2.29 bits per heavy atom. The second-order valence-electron chi connectivity index (χ2n) is 3.13. The fraction of sp³-hybridized carbons (Fsp3) is 0.0909. The first kappa shape index (κ1) is 13.5. The molecular weight excluding hydrogens is 263 g/mol. The van der Waals surface area contributed by atoms with Crippen molar-refractivity contribution in [1.29, 1.82) is 0 Å². The van der Waals surface area contributed by atoms with Gasteiger partial charge in [0.1, 0.15) is 0 Å². The van der Waals surface area contributed by atoms with Gasteiger partial charge in [0.25, 0.3) is 0 Å². The lowest BCUT2D eigenvalue weighted by molar-refractivity contribution is 0.0697. The van der Waals surface area contributed by atoms with Gasteiger partial charge in [0.15, 0.2) is 0 Å². The Hall–Kier alpha value is -1.52. The molecular formula is C11H10Cl2N2O2. The fourth-order valence-corrected chi connectivity index (χ4v) is 1.95. The molecule has 0 saturated carbocycles. The highest BCUT2D eigenvalue weighted by Crippen LogP contribution is 2.29. The number of aromatic carboxylic acids is 1. The summed E-state index contributed by atoms with van der Waals surface area (Å²) in [7, 11) is 1.60. The third kappa shape index (κ3) is 2.99. The first-order valence-electron chi connectivity index (χ1n) is 4.58. The molecule has 0 unspecified atom stereocenters. The van der Waals surface area contributed by atoms with Crippen LogP contribution in [0.25, 0.3) is 5.57 Å². The van der Waals surface area contributed by atoms with E-state index in [9.17, 15) is 4.79 Å². The SMILES string of the molecule is CN=CC(=CN)c1cc(Cl)c(C(=O)O)c(Cl)c1. The van der Waals surface area contributed by atoms with Crippen LogP contribution in [0.2, 0.25) is 10.0 Å². The van der Waals surface area contributed by atoms with Gasteiger partial charge in [-0.3, -0.25) is 4.99 Å². The fourth-order valence-electron chi connectivity index (χ4n) is 1.30. The summed E-state index contributed by atoms with van der Waals surface area (Å²) in [6.45, 7) is 0. The minimum Gasteiger partial charge on any atom is -0.478 e. The number of nitrogens with zero attached hydrogens (tertiary/aromatic N) is 1. The number of aliphatic imine (C=N–C) groups is 1. The predicted octanol–water partition coefficient (Wildman–Crippen LogP) is 2.69. The van der Waals surface area contributed by atoms with Crippen LogP contribution in [-0.2, 0) is 0 Å². The Labute approximate surface area is 108 Å². The molecule has 3 N–H and O–H groups in total. The quantitative estimate of drug-likeness (QED) is 0.831. The van der Waals surface area contributed by atoms with E-state index in [1.54, 1.807) is 7.05 Å². The smallest absolute Gasteiger partial charge is 0.338 e. The molecule has 90 valence electrons. The molecule has 0 heterocycles. The van der Waals surface area contributed by atoms with E-state index >= 15 is 0 Å². The lowest BCUT2D eigenvalue weighted by Gasteiger charge is -2.07. The highest BCUT2D eigenvalue weighted by Gasteiger charge is 2.15. The summed E-state index contributed by atoms with van der Waals surface area (Å²) < 4.78 is 0. The zero-order chi connectivity index (χ0) is 13.0. The molecule has 0 radical (unpaired) electrons. The van der Waals surface area contributed by atoms with Crippen molar-refractivity contribution in [2.75, 3.05) is 7.05 Å². The van der Waals surface area contributed by atoms with Gasteiger partial charge in [0, 0.05) is 25.0 Å². The van der Waals surface area contributed by atoms with Crippen molar-refractivity contribution in [2.45, 2.75) is 0 Å². The molecule has 17 heavy (non-hydrogen) atoms. The predicted molar refractivity (Wildman–Crippen MR) is 70.0 cm³/mol. The molecule has 0 aliphatic rings. The summed E-state index contributed by atoms with van der Waals surface area (Å²) in [5.41, 5.74) is 6.52. The van der Waals surface area contributed by atoms with Gasteiger partial charge in [-0.2, -0.15) is 0 Å². The van der Waals surface area contributed by atoms with E-state index in [4.69, 9.17) is 34.0 Å². The van der Waals surface area contributed by atoms with Crippen molar-refractivity contribution >= 4 is 41.0 Å². The molecule has 0 amide bonds. The summed E-state index contributed by atoms with van der Waals surface area (Å²) >= 11 is 11.7. The van der Waals surface area contributed by atoms with Crippen molar-refractivity contribution in [2.24, 2.45) is 10.7 Å². The van der Waals surface area contributed by atoms with Crippen LogP contribution in [0.5, 0.6) is 0 Å². The largest absolute Gasteiger partial charge is 0.478 e. The molecule has 1 rings (SSSR count). The molecule has 6 heteroatoms. The maximum Gasteiger partial charge on any atom is 0.338 e. The monoisotopic (exact) mass is 272 g/mol. The average Bonchev–Trinajstić information content (AvgIpc) is 2.24. The standard InChI is InChI=1S/C11H10Cl2N2O2/c1-15-5-7(4-14)6-2-8(12)10(11(16)17)9(13)3-6/h2-5H,14H2,1H3,(H,16,17). The van der Waals surface area contributed by atoms with Crippen LogP contribution in [0, 0.1) is 0 Å². The second kappa shape index (κ2) is 5.70. The summed E-state index contributed by atoms with van der Waals surface area (Å²) in [6, 6.07) is 2.97. The first-order chi connectivity index (χ1) is 8.01. The number of allylic oxidation sites excluding steroid dienone is 1. The van der Waals surface area contributed by atoms with E-state index in [1.165, 1.54) is 24.5 Å². The minimum atomic E-state index is -1.17. The van der Waals surface area contributed by atoms with E-state index in [0.29, 0.717) is 11.1 Å². The summed E-state index contributed by atoms with van der Waals surface area (Å²) in [5, 5.41) is 9.02. The molecule has 0 aromatic heterocycles. The van der Waals surface area contributed by atoms with Gasteiger partial charge in [0.05, 0.1) is 15.6 Å². The lowest BCUT2D eigenvalue weighted by atomic mass is 10.1. The molecule has 0 saturated heterocycles. The summed E-state index contributed by atoms with van der Waals surface area (Å²) in [5.74, 6) is -1.17. The van der Waals surface area contributed by atoms with Gasteiger partial charge in [-0.05, 0) is 17.7 Å². The van der Waals surface area contributed by atoms with Crippen molar-refractivity contribution < 1.29 is 9.90 Å². The minimum absolute atomic E-state index is 0.0591. The molecule has 1 aromatic carbocycles. The van der Waals surface area contributed by atoms with Crippen molar-refractivity contribution in [1.82, 2.24) is 0 Å². The maximum atomic E-state index is 10.9. The number of hydrogen-bond acceptors (Lipinski definition) is 3. The van der Waals surface area contributed by atoms with Crippen molar-refractivity contribution in [3.8, 4) is 0 Å². The van der Waals surface area contributed by atoms with Crippen LogP contribution < -0.4 is 5.73 Å². The van der Waals surface area contributed by atoms with E-state index in [1.807, 2.05) is 0 Å².